The fourth-order valence-corrected chi connectivity index (χ4v) is 9.55. The van der Waals surface area contributed by atoms with Gasteiger partial charge in [0.05, 0.1) is 35.0 Å². The molecular weight excluding hydrogens is 536 g/mol. The molecule has 2 saturated carbocycles. The minimum absolute atomic E-state index is 0.0898. The zero-order valence-corrected chi connectivity index (χ0v) is 24.0. The lowest BCUT2D eigenvalue weighted by Gasteiger charge is -2.29. The van der Waals surface area contributed by atoms with E-state index in [0.717, 1.165) is 24.0 Å². The summed E-state index contributed by atoms with van der Waals surface area (Å²) in [7, 11) is 0. The zero-order chi connectivity index (χ0) is 29.7. The molecule has 4 aliphatic carbocycles. The fraction of sp³-hybridized carbons (Fsp3) is 0.351. The average molecular weight is 571 g/mol. The van der Waals surface area contributed by atoms with Gasteiger partial charge in [0.2, 0.25) is 23.6 Å². The van der Waals surface area contributed by atoms with E-state index < -0.39 is 0 Å². The van der Waals surface area contributed by atoms with E-state index in [0.29, 0.717) is 30.6 Å². The Morgan fingerprint density at radius 3 is 1.40 bits per heavy atom. The first-order chi connectivity index (χ1) is 20.8. The van der Waals surface area contributed by atoms with E-state index in [1.807, 2.05) is 60.7 Å². The predicted molar refractivity (Wildman–Crippen MR) is 164 cm³/mol. The van der Waals surface area contributed by atoms with E-state index in [-0.39, 0.29) is 70.0 Å². The maximum Gasteiger partial charge on any atom is 0.238 e. The van der Waals surface area contributed by atoms with Crippen LogP contribution < -0.4 is 9.80 Å². The molecule has 8 atom stereocenters. The number of carbonyl (C=O) groups excluding carboxylic acids is 4. The summed E-state index contributed by atoms with van der Waals surface area (Å²) >= 11 is 0. The highest BCUT2D eigenvalue weighted by Gasteiger charge is 2.66. The van der Waals surface area contributed by atoms with Crippen molar-refractivity contribution in [3.63, 3.8) is 0 Å². The van der Waals surface area contributed by atoms with Gasteiger partial charge >= 0.3 is 0 Å². The summed E-state index contributed by atoms with van der Waals surface area (Å²) in [5.41, 5.74) is 2.75. The Bertz CT molecular complexity index is 1550. The quantitative estimate of drug-likeness (QED) is 0.297. The van der Waals surface area contributed by atoms with Crippen LogP contribution in [-0.4, -0.2) is 23.6 Å². The molecule has 2 aromatic rings. The standard InChI is InChI=1S/C37H34N2O4/c1-3-15-36-17-13-24(20-36)28-30(36)34(42)38(32(28)40)26-9-5-22(6-10-26)19-23-7-11-27(12-8-23)39-33(41)29-25-14-18-37(21-25,16-4-2)31(29)35(39)43/h3-14,17-18,24-25,28-31H,1-2,15-16,19-21H2/t24-,25+,28-,29+,30-,31+,36+,37-. The molecule has 2 saturated heterocycles. The van der Waals surface area contributed by atoms with Gasteiger partial charge in [0.1, 0.15) is 0 Å². The van der Waals surface area contributed by atoms with Crippen LogP contribution in [0.5, 0.6) is 0 Å². The van der Waals surface area contributed by atoms with E-state index in [4.69, 9.17) is 0 Å². The molecule has 4 amide bonds. The van der Waals surface area contributed by atoms with Gasteiger partial charge < -0.3 is 0 Å². The molecular formula is C37H34N2O4. The normalized spacial score (nSPS) is 36.3. The molecule has 4 bridgehead atoms. The molecule has 216 valence electrons. The summed E-state index contributed by atoms with van der Waals surface area (Å²) in [6.45, 7) is 7.79. The lowest BCUT2D eigenvalue weighted by Crippen LogP contribution is -2.35. The number of hydrogen-bond donors (Lipinski definition) is 0. The van der Waals surface area contributed by atoms with Crippen LogP contribution in [0.4, 0.5) is 11.4 Å². The first-order valence-corrected chi connectivity index (χ1v) is 15.3. The summed E-state index contributed by atoms with van der Waals surface area (Å²) in [6.07, 6.45) is 16.0. The summed E-state index contributed by atoms with van der Waals surface area (Å²) in [5.74, 6) is -1.28. The van der Waals surface area contributed by atoms with Crippen LogP contribution >= 0.6 is 0 Å². The van der Waals surface area contributed by atoms with Crippen molar-refractivity contribution in [2.45, 2.75) is 32.1 Å². The van der Waals surface area contributed by atoms with E-state index in [1.165, 1.54) is 9.80 Å². The van der Waals surface area contributed by atoms with Gasteiger partial charge in [0, 0.05) is 10.8 Å². The van der Waals surface area contributed by atoms with Gasteiger partial charge in [-0.15, -0.1) is 13.2 Å². The largest absolute Gasteiger partial charge is 0.274 e. The van der Waals surface area contributed by atoms with Crippen molar-refractivity contribution in [3.8, 4) is 0 Å². The molecule has 0 N–H and O–H groups in total. The van der Waals surface area contributed by atoms with Crippen molar-refractivity contribution >= 4 is 35.0 Å². The van der Waals surface area contributed by atoms with Crippen LogP contribution in [0.2, 0.25) is 0 Å². The lowest BCUT2D eigenvalue weighted by atomic mass is 9.72. The number of hydrogen-bond acceptors (Lipinski definition) is 4. The zero-order valence-electron chi connectivity index (χ0n) is 24.0. The van der Waals surface area contributed by atoms with E-state index in [2.05, 4.69) is 37.5 Å². The summed E-state index contributed by atoms with van der Waals surface area (Å²) < 4.78 is 0. The predicted octanol–water partition coefficient (Wildman–Crippen LogP) is 5.79. The monoisotopic (exact) mass is 570 g/mol. The smallest absolute Gasteiger partial charge is 0.238 e. The molecule has 2 aromatic carbocycles. The van der Waals surface area contributed by atoms with Crippen LogP contribution in [0.15, 0.2) is 98.1 Å². The molecule has 0 radical (unpaired) electrons. The highest BCUT2D eigenvalue weighted by atomic mass is 16.2. The summed E-state index contributed by atoms with van der Waals surface area (Å²) in [6, 6.07) is 15.3. The molecule has 2 heterocycles. The topological polar surface area (TPSA) is 74.8 Å². The van der Waals surface area contributed by atoms with E-state index in [9.17, 15) is 19.2 Å². The Morgan fingerprint density at radius 2 is 1.02 bits per heavy atom. The van der Waals surface area contributed by atoms with Gasteiger partial charge in [-0.25, -0.2) is 0 Å². The molecule has 2 aliphatic heterocycles. The van der Waals surface area contributed by atoms with Crippen molar-refractivity contribution < 1.29 is 19.2 Å². The Hall–Kier alpha value is -4.32. The fourth-order valence-electron chi connectivity index (χ4n) is 9.55. The third-order valence-electron chi connectivity index (χ3n) is 11.3. The first kappa shape index (κ1) is 26.3. The Balaban J connectivity index is 0.971. The molecule has 4 fully saturated rings. The molecule has 0 aromatic heterocycles. The molecule has 6 nitrogen and oxygen atoms in total. The molecule has 0 unspecified atom stereocenters. The minimum atomic E-state index is -0.306. The van der Waals surface area contributed by atoms with Crippen LogP contribution in [-0.2, 0) is 25.6 Å². The number of benzene rings is 2. The van der Waals surface area contributed by atoms with Crippen molar-refractivity contribution in [2.24, 2.45) is 46.3 Å². The number of fused-ring (bicyclic) bond motifs is 10. The Morgan fingerprint density at radius 1 is 0.628 bits per heavy atom. The van der Waals surface area contributed by atoms with E-state index >= 15 is 0 Å². The first-order valence-electron chi connectivity index (χ1n) is 15.3. The number of nitrogens with zero attached hydrogens (tertiary/aromatic N) is 2. The summed E-state index contributed by atoms with van der Waals surface area (Å²) in [5, 5.41) is 0. The number of amides is 4. The molecule has 6 heteroatoms. The number of allylic oxidation sites excluding steroid dienone is 6. The van der Waals surface area contributed by atoms with Crippen LogP contribution in [0.3, 0.4) is 0 Å². The van der Waals surface area contributed by atoms with Gasteiger partial charge in [-0.1, -0.05) is 60.7 Å². The second kappa shape index (κ2) is 9.09. The highest BCUT2D eigenvalue weighted by molar-refractivity contribution is 6.24. The van der Waals surface area contributed by atoms with Crippen molar-refractivity contribution in [1.82, 2.24) is 0 Å². The van der Waals surface area contributed by atoms with Gasteiger partial charge in [0.25, 0.3) is 0 Å². The molecule has 43 heavy (non-hydrogen) atoms. The molecule has 8 rings (SSSR count). The number of anilines is 2. The second-order valence-electron chi connectivity index (χ2n) is 13.4. The van der Waals surface area contributed by atoms with Crippen molar-refractivity contribution in [1.29, 1.82) is 0 Å². The van der Waals surface area contributed by atoms with Gasteiger partial charge in [-0.2, -0.15) is 0 Å². The lowest BCUT2D eigenvalue weighted by molar-refractivity contribution is -0.125. The van der Waals surface area contributed by atoms with E-state index in [1.54, 1.807) is 0 Å². The van der Waals surface area contributed by atoms with Crippen molar-refractivity contribution in [3.05, 3.63) is 109 Å². The van der Waals surface area contributed by atoms with Crippen LogP contribution in [0, 0.1) is 46.3 Å². The average Bonchev–Trinajstić information content (AvgIpc) is 3.82. The van der Waals surface area contributed by atoms with Gasteiger partial charge in [-0.05, 0) is 79.3 Å². The van der Waals surface area contributed by atoms with Crippen molar-refractivity contribution in [2.75, 3.05) is 9.80 Å². The minimum Gasteiger partial charge on any atom is -0.274 e. The Labute approximate surface area is 251 Å². The Kier molecular flexibility index (Phi) is 5.56. The number of imide groups is 2. The number of rotatable bonds is 8. The maximum atomic E-state index is 13.6. The maximum absolute atomic E-state index is 13.6. The third-order valence-corrected chi connectivity index (χ3v) is 11.3. The van der Waals surface area contributed by atoms with Gasteiger partial charge in [0.15, 0.2) is 0 Å². The second-order valence-corrected chi connectivity index (χ2v) is 13.4. The summed E-state index contributed by atoms with van der Waals surface area (Å²) in [4.78, 5) is 56.8. The van der Waals surface area contributed by atoms with Crippen LogP contribution in [0.25, 0.3) is 0 Å². The highest BCUT2D eigenvalue weighted by Crippen LogP contribution is 2.63. The van der Waals surface area contributed by atoms with Crippen LogP contribution in [0.1, 0.15) is 36.8 Å². The SMILES string of the molecule is C=CC[C@@]12C=C[C@@H](C1)[C@@H]1C(=O)N(c3ccc(Cc4ccc(N5C(=O)[C@@H]6[C@@H]7C=C[C@@](CC=C)(C7)[C@H]6C5=O)cc4)cc3)C(=O)[C@H]12. The molecule has 6 aliphatic rings. The molecule has 0 spiro atoms. The number of carbonyl (C=O) groups is 4. The third kappa shape index (κ3) is 3.46. The van der Waals surface area contributed by atoms with Gasteiger partial charge in [-0.3, -0.25) is 29.0 Å².